The monoisotopic (exact) mass is 336 g/mol. The fourth-order valence-corrected chi connectivity index (χ4v) is 1.48. The Hall–Kier alpha value is -1.12. The molecule has 0 radical (unpaired) electrons. The molecule has 0 atom stereocenters. The van der Waals surface area contributed by atoms with Crippen LogP contribution in [0.1, 0.15) is 6.92 Å². The number of ether oxygens (including phenoxy) is 1. The van der Waals surface area contributed by atoms with Crippen LogP contribution >= 0.6 is 22.6 Å². The number of carbonyl (C=O) groups excluding carboxylic acids is 1. The van der Waals surface area contributed by atoms with E-state index in [0.717, 1.165) is 0 Å². The molecule has 0 spiro atoms. The molecule has 0 saturated heterocycles. The van der Waals surface area contributed by atoms with Gasteiger partial charge in [-0.15, -0.1) is 0 Å². The number of anilines is 1. The summed E-state index contributed by atoms with van der Waals surface area (Å²) in [6, 6.07) is 0. The molecular weight excluding hydrogens is 323 g/mol. The predicted octanol–water partition coefficient (Wildman–Crippen LogP) is 0.638. The molecular formula is C9H13IN4O2. The maximum atomic E-state index is 10.6. The van der Waals surface area contributed by atoms with Gasteiger partial charge >= 0.3 is 0 Å². The molecule has 6 nitrogen and oxygen atoms in total. The molecule has 0 fully saturated rings. The zero-order valence-electron chi connectivity index (χ0n) is 9.08. The zero-order chi connectivity index (χ0) is 12.0. The third kappa shape index (κ3) is 4.17. The Morgan fingerprint density at radius 1 is 1.56 bits per heavy atom. The van der Waals surface area contributed by atoms with Crippen molar-refractivity contribution in [2.24, 2.45) is 0 Å². The van der Waals surface area contributed by atoms with E-state index in [4.69, 9.17) is 4.74 Å². The SMILES string of the molecule is COc1nc(NCCNC(C)=O)cnc1I. The lowest BCUT2D eigenvalue weighted by molar-refractivity contribution is -0.118. The maximum absolute atomic E-state index is 10.6. The van der Waals surface area contributed by atoms with Crippen LogP contribution in [0.4, 0.5) is 5.82 Å². The van der Waals surface area contributed by atoms with E-state index in [1.807, 2.05) is 22.6 Å². The number of amides is 1. The molecule has 1 heterocycles. The Bertz CT molecular complexity index is 373. The van der Waals surface area contributed by atoms with Crippen molar-refractivity contribution in [3.8, 4) is 5.88 Å². The van der Waals surface area contributed by atoms with Crippen LogP contribution in [-0.2, 0) is 4.79 Å². The maximum Gasteiger partial charge on any atom is 0.248 e. The summed E-state index contributed by atoms with van der Waals surface area (Å²) >= 11 is 2.05. The largest absolute Gasteiger partial charge is 0.479 e. The highest BCUT2D eigenvalue weighted by atomic mass is 127. The molecule has 1 amide bonds. The first-order chi connectivity index (χ1) is 7.63. The third-order valence-corrected chi connectivity index (χ3v) is 2.44. The minimum absolute atomic E-state index is 0.0481. The summed E-state index contributed by atoms with van der Waals surface area (Å²) in [4.78, 5) is 18.9. The Morgan fingerprint density at radius 3 is 2.94 bits per heavy atom. The van der Waals surface area contributed by atoms with E-state index in [-0.39, 0.29) is 5.91 Å². The number of hydrogen-bond donors (Lipinski definition) is 2. The van der Waals surface area contributed by atoms with Crippen molar-refractivity contribution in [3.63, 3.8) is 0 Å². The van der Waals surface area contributed by atoms with Crippen LogP contribution in [0.15, 0.2) is 6.20 Å². The summed E-state index contributed by atoms with van der Waals surface area (Å²) in [6.45, 7) is 2.62. The van der Waals surface area contributed by atoms with Gasteiger partial charge in [-0.05, 0) is 22.6 Å². The molecule has 2 N–H and O–H groups in total. The minimum Gasteiger partial charge on any atom is -0.479 e. The number of rotatable bonds is 5. The molecule has 0 aliphatic heterocycles. The first-order valence-corrected chi connectivity index (χ1v) is 5.76. The number of halogens is 1. The standard InChI is InChI=1S/C9H13IN4O2/c1-6(15)11-3-4-12-7-5-13-8(10)9(14-7)16-2/h5H,3-4H2,1-2H3,(H,11,15)(H,12,14). The van der Waals surface area contributed by atoms with Gasteiger partial charge in [-0.25, -0.2) is 4.98 Å². The second-order valence-electron chi connectivity index (χ2n) is 2.97. The molecule has 0 saturated carbocycles. The van der Waals surface area contributed by atoms with E-state index in [0.29, 0.717) is 28.5 Å². The van der Waals surface area contributed by atoms with Gasteiger partial charge in [-0.2, -0.15) is 4.98 Å². The van der Waals surface area contributed by atoms with Crippen molar-refractivity contribution in [1.29, 1.82) is 0 Å². The molecule has 0 unspecified atom stereocenters. The number of nitrogens with zero attached hydrogens (tertiary/aromatic N) is 2. The topological polar surface area (TPSA) is 76.1 Å². The number of aromatic nitrogens is 2. The number of hydrogen-bond acceptors (Lipinski definition) is 5. The molecule has 0 bridgehead atoms. The minimum atomic E-state index is -0.0481. The van der Waals surface area contributed by atoms with E-state index < -0.39 is 0 Å². The fourth-order valence-electron chi connectivity index (χ4n) is 1.00. The average molecular weight is 336 g/mol. The molecule has 1 aromatic rings. The Morgan fingerprint density at radius 2 is 2.31 bits per heavy atom. The third-order valence-electron chi connectivity index (χ3n) is 1.70. The summed E-state index contributed by atoms with van der Waals surface area (Å²) in [7, 11) is 1.55. The lowest BCUT2D eigenvalue weighted by Gasteiger charge is -2.07. The van der Waals surface area contributed by atoms with Crippen molar-refractivity contribution in [3.05, 3.63) is 9.90 Å². The van der Waals surface area contributed by atoms with E-state index in [1.165, 1.54) is 6.92 Å². The van der Waals surface area contributed by atoms with Gasteiger partial charge in [-0.1, -0.05) is 0 Å². The summed E-state index contributed by atoms with van der Waals surface area (Å²) < 4.78 is 5.75. The van der Waals surface area contributed by atoms with Crippen molar-refractivity contribution >= 4 is 34.3 Å². The first kappa shape index (κ1) is 12.9. The molecule has 0 aliphatic carbocycles. The smallest absolute Gasteiger partial charge is 0.248 e. The molecule has 0 aromatic carbocycles. The Labute approximate surface area is 107 Å². The van der Waals surface area contributed by atoms with Crippen LogP contribution in [0.25, 0.3) is 0 Å². The van der Waals surface area contributed by atoms with Crippen LogP contribution in [0.2, 0.25) is 0 Å². The quantitative estimate of drug-likeness (QED) is 0.610. The summed E-state index contributed by atoms with van der Waals surface area (Å²) in [5.41, 5.74) is 0. The summed E-state index contributed by atoms with van der Waals surface area (Å²) in [5, 5.41) is 5.70. The van der Waals surface area contributed by atoms with Crippen LogP contribution in [0, 0.1) is 3.70 Å². The lowest BCUT2D eigenvalue weighted by Crippen LogP contribution is -2.26. The van der Waals surface area contributed by atoms with Crippen LogP contribution in [0.5, 0.6) is 5.88 Å². The van der Waals surface area contributed by atoms with Gasteiger partial charge in [0.05, 0.1) is 13.3 Å². The van der Waals surface area contributed by atoms with Crippen molar-refractivity contribution in [1.82, 2.24) is 15.3 Å². The number of carbonyl (C=O) groups is 1. The molecule has 1 aromatic heterocycles. The summed E-state index contributed by atoms with van der Waals surface area (Å²) in [5.74, 6) is 1.07. The zero-order valence-corrected chi connectivity index (χ0v) is 11.2. The average Bonchev–Trinajstić information content (AvgIpc) is 2.26. The highest BCUT2D eigenvalue weighted by Crippen LogP contribution is 2.16. The van der Waals surface area contributed by atoms with Crippen molar-refractivity contribution in [2.75, 3.05) is 25.5 Å². The lowest BCUT2D eigenvalue weighted by atomic mass is 10.5. The van der Waals surface area contributed by atoms with Crippen molar-refractivity contribution < 1.29 is 9.53 Å². The van der Waals surface area contributed by atoms with E-state index in [2.05, 4.69) is 20.6 Å². The normalized spacial score (nSPS) is 9.69. The van der Waals surface area contributed by atoms with Gasteiger partial charge in [0.1, 0.15) is 5.82 Å². The Kier molecular flexibility index (Phi) is 5.23. The molecule has 7 heteroatoms. The molecule has 1 rings (SSSR count). The molecule has 88 valence electrons. The highest BCUT2D eigenvalue weighted by Gasteiger charge is 2.04. The predicted molar refractivity (Wildman–Crippen MR) is 68.5 cm³/mol. The van der Waals surface area contributed by atoms with Gasteiger partial charge in [0.25, 0.3) is 0 Å². The Balaban J connectivity index is 2.45. The summed E-state index contributed by atoms with van der Waals surface area (Å²) in [6.07, 6.45) is 1.62. The van der Waals surface area contributed by atoms with Crippen LogP contribution in [-0.4, -0.2) is 36.1 Å². The van der Waals surface area contributed by atoms with Crippen molar-refractivity contribution in [2.45, 2.75) is 6.92 Å². The van der Waals surface area contributed by atoms with Crippen LogP contribution < -0.4 is 15.4 Å². The molecule has 0 aliphatic rings. The molecule has 16 heavy (non-hydrogen) atoms. The van der Waals surface area contributed by atoms with Crippen LogP contribution in [0.3, 0.4) is 0 Å². The second-order valence-corrected chi connectivity index (χ2v) is 3.99. The number of nitrogens with one attached hydrogen (secondary N) is 2. The fraction of sp³-hybridized carbons (Fsp3) is 0.444. The highest BCUT2D eigenvalue weighted by molar-refractivity contribution is 14.1. The van der Waals surface area contributed by atoms with E-state index in [9.17, 15) is 4.79 Å². The van der Waals surface area contributed by atoms with E-state index in [1.54, 1.807) is 13.3 Å². The number of methoxy groups -OCH3 is 1. The van der Waals surface area contributed by atoms with Gasteiger partial charge in [0.2, 0.25) is 11.8 Å². The van der Waals surface area contributed by atoms with Gasteiger partial charge in [0.15, 0.2) is 3.70 Å². The van der Waals surface area contributed by atoms with Gasteiger partial charge in [0, 0.05) is 20.0 Å². The van der Waals surface area contributed by atoms with Gasteiger partial charge < -0.3 is 15.4 Å². The van der Waals surface area contributed by atoms with Gasteiger partial charge in [-0.3, -0.25) is 4.79 Å². The first-order valence-electron chi connectivity index (χ1n) is 4.68. The van der Waals surface area contributed by atoms with E-state index >= 15 is 0 Å². The second kappa shape index (κ2) is 6.46.